The molecule has 0 saturated heterocycles. The number of aliphatic carboxylic acids is 1. The number of aromatic nitrogens is 1. The van der Waals surface area contributed by atoms with Gasteiger partial charge in [-0.3, -0.25) is 4.79 Å². The number of carbonyl (C=O) groups is 3. The smallest absolute Gasteiger partial charge is 0.326 e. The molecule has 19 heavy (non-hydrogen) atoms. The second-order valence-electron chi connectivity index (χ2n) is 4.20. The zero-order valence-corrected chi connectivity index (χ0v) is 11.4. The number of Topliss-reactive ketones (excluding diaryl/α,β-unsaturated/α-hetero) is 1. The summed E-state index contributed by atoms with van der Waals surface area (Å²) in [5.41, 5.74) is 2.25. The number of hydrogen-bond acceptors (Lipinski definition) is 5. The van der Waals surface area contributed by atoms with E-state index in [1.807, 2.05) is 0 Å². The Morgan fingerprint density at radius 2 is 2.16 bits per heavy atom. The van der Waals surface area contributed by atoms with Crippen LogP contribution in [0.5, 0.6) is 0 Å². The molecule has 0 aliphatic heterocycles. The molecule has 2 N–H and O–H groups in total. The van der Waals surface area contributed by atoms with Crippen LogP contribution in [-0.2, 0) is 20.8 Å². The van der Waals surface area contributed by atoms with Gasteiger partial charge in [0.2, 0.25) is 5.91 Å². The van der Waals surface area contributed by atoms with Crippen molar-refractivity contribution in [3.8, 4) is 0 Å². The van der Waals surface area contributed by atoms with Crippen molar-refractivity contribution < 1.29 is 19.5 Å². The van der Waals surface area contributed by atoms with Crippen molar-refractivity contribution in [3.05, 3.63) is 16.6 Å². The van der Waals surface area contributed by atoms with Crippen molar-refractivity contribution in [1.29, 1.82) is 0 Å². The zero-order chi connectivity index (χ0) is 14.3. The summed E-state index contributed by atoms with van der Waals surface area (Å²) in [5.74, 6) is -1.43. The van der Waals surface area contributed by atoms with E-state index in [1.54, 1.807) is 10.9 Å². The molecule has 1 unspecified atom stereocenters. The Labute approximate surface area is 114 Å². The third-order valence-corrected chi connectivity index (χ3v) is 3.10. The maximum Gasteiger partial charge on any atom is 0.326 e. The number of nitrogens with zero attached hydrogens (tertiary/aromatic N) is 1. The van der Waals surface area contributed by atoms with E-state index >= 15 is 0 Å². The minimum Gasteiger partial charge on any atom is -0.480 e. The van der Waals surface area contributed by atoms with Crippen molar-refractivity contribution in [2.75, 3.05) is 0 Å². The largest absolute Gasteiger partial charge is 0.480 e. The highest BCUT2D eigenvalue weighted by Gasteiger charge is 2.20. The van der Waals surface area contributed by atoms with E-state index in [2.05, 4.69) is 10.3 Å². The summed E-state index contributed by atoms with van der Waals surface area (Å²) >= 11 is 1.38. The molecule has 0 aliphatic rings. The van der Waals surface area contributed by atoms with Gasteiger partial charge in [0.1, 0.15) is 11.8 Å². The first-order valence-electron chi connectivity index (χ1n) is 5.87. The summed E-state index contributed by atoms with van der Waals surface area (Å²) in [4.78, 5) is 37.3. The standard InChI is InChI=1S/C12H16N2O4S/c1-8(15)3-2-4-11(16)14-10(12(17)18)5-9-6-19-7-13-9/h6-7,10H,2-5H2,1H3,(H,14,16)(H,17,18). The molecule has 1 atom stereocenters. The Kier molecular flexibility index (Phi) is 6.14. The monoisotopic (exact) mass is 284 g/mol. The van der Waals surface area contributed by atoms with Gasteiger partial charge in [-0.25, -0.2) is 9.78 Å². The van der Waals surface area contributed by atoms with Gasteiger partial charge >= 0.3 is 5.97 Å². The van der Waals surface area contributed by atoms with E-state index in [0.717, 1.165) is 0 Å². The van der Waals surface area contributed by atoms with Gasteiger partial charge in [0.15, 0.2) is 0 Å². The average molecular weight is 284 g/mol. The van der Waals surface area contributed by atoms with Crippen molar-refractivity contribution in [2.24, 2.45) is 0 Å². The Morgan fingerprint density at radius 1 is 1.42 bits per heavy atom. The Balaban J connectivity index is 2.42. The van der Waals surface area contributed by atoms with Gasteiger partial charge in [0.25, 0.3) is 0 Å². The van der Waals surface area contributed by atoms with Gasteiger partial charge in [0.05, 0.1) is 11.2 Å². The molecular formula is C12H16N2O4S. The summed E-state index contributed by atoms with van der Waals surface area (Å²) in [6.07, 6.45) is 1.08. The van der Waals surface area contributed by atoms with E-state index < -0.39 is 12.0 Å². The van der Waals surface area contributed by atoms with Crippen LogP contribution in [0, 0.1) is 0 Å². The number of ketones is 1. The van der Waals surface area contributed by atoms with Crippen LogP contribution in [0.1, 0.15) is 31.9 Å². The maximum absolute atomic E-state index is 11.6. The third kappa shape index (κ3) is 6.10. The number of hydrogen-bond donors (Lipinski definition) is 2. The van der Waals surface area contributed by atoms with Gasteiger partial charge in [-0.1, -0.05) is 0 Å². The summed E-state index contributed by atoms with van der Waals surface area (Å²) in [7, 11) is 0. The first kappa shape index (κ1) is 15.3. The molecule has 1 heterocycles. The predicted molar refractivity (Wildman–Crippen MR) is 69.9 cm³/mol. The topological polar surface area (TPSA) is 96.4 Å². The number of thiazole rings is 1. The van der Waals surface area contributed by atoms with Crippen molar-refractivity contribution in [2.45, 2.75) is 38.6 Å². The molecule has 0 aliphatic carbocycles. The molecule has 1 aromatic rings. The molecule has 0 aromatic carbocycles. The van der Waals surface area contributed by atoms with Crippen LogP contribution in [0.25, 0.3) is 0 Å². The van der Waals surface area contributed by atoms with Gasteiger partial charge in [-0.2, -0.15) is 0 Å². The quantitative estimate of drug-likeness (QED) is 0.742. The summed E-state index contributed by atoms with van der Waals surface area (Å²) < 4.78 is 0. The molecule has 104 valence electrons. The second kappa shape index (κ2) is 7.63. The Morgan fingerprint density at radius 3 is 2.68 bits per heavy atom. The lowest BCUT2D eigenvalue weighted by molar-refractivity contribution is -0.141. The zero-order valence-electron chi connectivity index (χ0n) is 10.6. The highest BCUT2D eigenvalue weighted by Crippen LogP contribution is 2.05. The molecule has 0 radical (unpaired) electrons. The molecule has 0 bridgehead atoms. The highest BCUT2D eigenvalue weighted by molar-refractivity contribution is 7.07. The molecule has 0 spiro atoms. The second-order valence-corrected chi connectivity index (χ2v) is 4.92. The van der Waals surface area contributed by atoms with Crippen molar-refractivity contribution >= 4 is 29.0 Å². The van der Waals surface area contributed by atoms with Gasteiger partial charge in [-0.15, -0.1) is 11.3 Å². The van der Waals surface area contributed by atoms with Crippen LogP contribution in [0.3, 0.4) is 0 Å². The van der Waals surface area contributed by atoms with Crippen LogP contribution in [0.15, 0.2) is 10.9 Å². The van der Waals surface area contributed by atoms with Crippen LogP contribution < -0.4 is 5.32 Å². The lowest BCUT2D eigenvalue weighted by atomic mass is 10.1. The lowest BCUT2D eigenvalue weighted by Gasteiger charge is -2.13. The number of nitrogens with one attached hydrogen (secondary N) is 1. The fraction of sp³-hybridized carbons (Fsp3) is 0.500. The van der Waals surface area contributed by atoms with Crippen LogP contribution in [0.4, 0.5) is 0 Å². The summed E-state index contributed by atoms with van der Waals surface area (Å²) in [6.45, 7) is 1.46. The molecule has 7 heteroatoms. The van der Waals surface area contributed by atoms with Gasteiger partial charge < -0.3 is 15.2 Å². The van der Waals surface area contributed by atoms with Crippen molar-refractivity contribution in [1.82, 2.24) is 10.3 Å². The minimum atomic E-state index is -1.09. The number of amides is 1. The highest BCUT2D eigenvalue weighted by atomic mass is 32.1. The molecular weight excluding hydrogens is 268 g/mol. The summed E-state index contributed by atoms with van der Waals surface area (Å²) in [6, 6.07) is -0.980. The molecule has 6 nitrogen and oxygen atoms in total. The van der Waals surface area contributed by atoms with E-state index in [0.29, 0.717) is 18.5 Å². The predicted octanol–water partition coefficient (Wildman–Crippen LogP) is 1.01. The first-order chi connectivity index (χ1) is 8.99. The lowest BCUT2D eigenvalue weighted by Crippen LogP contribution is -2.42. The van der Waals surface area contributed by atoms with E-state index in [-0.39, 0.29) is 24.5 Å². The number of carboxylic acid groups (broad SMARTS) is 1. The SMILES string of the molecule is CC(=O)CCCC(=O)NC(Cc1cscn1)C(=O)O. The normalized spacial score (nSPS) is 11.8. The minimum absolute atomic E-state index is 0.0186. The maximum atomic E-state index is 11.6. The number of rotatable bonds is 8. The van der Waals surface area contributed by atoms with Gasteiger partial charge in [0, 0.05) is 24.6 Å². The van der Waals surface area contributed by atoms with Crippen LogP contribution >= 0.6 is 11.3 Å². The fourth-order valence-electron chi connectivity index (χ4n) is 1.51. The molecule has 1 aromatic heterocycles. The summed E-state index contributed by atoms with van der Waals surface area (Å²) in [5, 5.41) is 13.2. The third-order valence-electron chi connectivity index (χ3n) is 2.46. The number of carbonyl (C=O) groups excluding carboxylic acids is 2. The Bertz CT molecular complexity index is 445. The van der Waals surface area contributed by atoms with Gasteiger partial charge in [-0.05, 0) is 13.3 Å². The molecule has 0 fully saturated rings. The van der Waals surface area contributed by atoms with Crippen LogP contribution in [-0.4, -0.2) is 33.8 Å². The first-order valence-corrected chi connectivity index (χ1v) is 6.82. The van der Waals surface area contributed by atoms with E-state index in [9.17, 15) is 14.4 Å². The molecule has 1 amide bonds. The van der Waals surface area contributed by atoms with Crippen LogP contribution in [0.2, 0.25) is 0 Å². The van der Waals surface area contributed by atoms with E-state index in [4.69, 9.17) is 5.11 Å². The average Bonchev–Trinajstić information content (AvgIpc) is 2.80. The van der Waals surface area contributed by atoms with Crippen molar-refractivity contribution in [3.63, 3.8) is 0 Å². The molecule has 1 rings (SSSR count). The molecule has 0 saturated carbocycles. The van der Waals surface area contributed by atoms with E-state index in [1.165, 1.54) is 18.3 Å². The fourth-order valence-corrected chi connectivity index (χ4v) is 2.08. The Hall–Kier alpha value is -1.76. The number of carboxylic acids is 1.